The summed E-state index contributed by atoms with van der Waals surface area (Å²) in [7, 11) is -1.87. The van der Waals surface area contributed by atoms with Gasteiger partial charge in [0.15, 0.2) is 0 Å². The monoisotopic (exact) mass is 321 g/mol. The molecule has 1 heterocycles. The molecule has 0 saturated carbocycles. The summed E-state index contributed by atoms with van der Waals surface area (Å²) >= 11 is 5.81. The van der Waals surface area contributed by atoms with Crippen LogP contribution in [0.1, 0.15) is 12.8 Å². The molecule has 112 valence electrons. The lowest BCUT2D eigenvalue weighted by Gasteiger charge is -2.30. The van der Waals surface area contributed by atoms with Crippen LogP contribution < -0.4 is 10.5 Å². The summed E-state index contributed by atoms with van der Waals surface area (Å²) in [5.41, 5.74) is 5.17. The third kappa shape index (κ3) is 3.41. The van der Waals surface area contributed by atoms with Crippen LogP contribution in [0.25, 0.3) is 0 Å². The molecule has 0 bridgehead atoms. The first-order valence-electron chi connectivity index (χ1n) is 6.25. The van der Waals surface area contributed by atoms with Gasteiger partial charge in [-0.05, 0) is 38.6 Å². The number of anilines is 1. The van der Waals surface area contributed by atoms with Gasteiger partial charge >= 0.3 is 0 Å². The number of nitrogens with zero attached hydrogens (tertiary/aromatic N) is 1. The number of likely N-dealkylation sites (tertiary alicyclic amines) is 1. The highest BCUT2D eigenvalue weighted by molar-refractivity contribution is 7.89. The van der Waals surface area contributed by atoms with E-state index < -0.39 is 15.8 Å². The van der Waals surface area contributed by atoms with Crippen molar-refractivity contribution in [3.8, 4) is 0 Å². The molecular formula is C12H17ClFN3O2S. The SMILES string of the molecule is CN1CCCC(NS(=O)(=O)c2cc(N)c(F)cc2Cl)C1. The molecule has 1 saturated heterocycles. The maximum atomic E-state index is 13.2. The fourth-order valence-corrected chi connectivity index (χ4v) is 4.11. The number of rotatable bonds is 3. The van der Waals surface area contributed by atoms with Crippen molar-refractivity contribution in [1.82, 2.24) is 9.62 Å². The summed E-state index contributed by atoms with van der Waals surface area (Å²) in [5.74, 6) is -0.730. The van der Waals surface area contributed by atoms with Crippen LogP contribution in [0.5, 0.6) is 0 Å². The maximum Gasteiger partial charge on any atom is 0.242 e. The number of hydrogen-bond acceptors (Lipinski definition) is 4. The average molecular weight is 322 g/mol. The van der Waals surface area contributed by atoms with Gasteiger partial charge in [-0.25, -0.2) is 17.5 Å². The minimum absolute atomic E-state index is 0.173. The van der Waals surface area contributed by atoms with E-state index in [0.29, 0.717) is 6.54 Å². The molecule has 0 aliphatic carbocycles. The number of hydrogen-bond donors (Lipinski definition) is 2. The van der Waals surface area contributed by atoms with Crippen molar-refractivity contribution in [1.29, 1.82) is 0 Å². The Morgan fingerprint density at radius 2 is 2.20 bits per heavy atom. The van der Waals surface area contributed by atoms with Crippen LogP contribution in [-0.4, -0.2) is 39.5 Å². The molecule has 1 aromatic rings. The van der Waals surface area contributed by atoms with Crippen LogP contribution in [0.4, 0.5) is 10.1 Å². The number of nitrogens with two attached hydrogens (primary N) is 1. The Labute approximate surface area is 122 Å². The van der Waals surface area contributed by atoms with E-state index in [4.69, 9.17) is 17.3 Å². The molecule has 8 heteroatoms. The van der Waals surface area contributed by atoms with E-state index in [1.54, 1.807) is 0 Å². The van der Waals surface area contributed by atoms with Crippen molar-refractivity contribution in [3.63, 3.8) is 0 Å². The topological polar surface area (TPSA) is 75.4 Å². The molecule has 0 amide bonds. The normalized spacial score (nSPS) is 21.1. The molecule has 0 spiro atoms. The van der Waals surface area contributed by atoms with Gasteiger partial charge < -0.3 is 10.6 Å². The Morgan fingerprint density at radius 3 is 2.85 bits per heavy atom. The van der Waals surface area contributed by atoms with E-state index in [1.165, 1.54) is 0 Å². The highest BCUT2D eigenvalue weighted by atomic mass is 35.5. The van der Waals surface area contributed by atoms with Gasteiger partial charge in [-0.1, -0.05) is 11.6 Å². The van der Waals surface area contributed by atoms with Gasteiger partial charge in [0.25, 0.3) is 0 Å². The largest absolute Gasteiger partial charge is 0.396 e. The molecular weight excluding hydrogens is 305 g/mol. The number of benzene rings is 1. The van der Waals surface area contributed by atoms with Crippen molar-refractivity contribution < 1.29 is 12.8 Å². The van der Waals surface area contributed by atoms with Crippen molar-refractivity contribution in [2.75, 3.05) is 25.9 Å². The molecule has 2 rings (SSSR count). The highest BCUT2D eigenvalue weighted by Crippen LogP contribution is 2.26. The molecule has 1 fully saturated rings. The number of piperidine rings is 1. The molecule has 3 N–H and O–H groups in total. The summed E-state index contributed by atoms with van der Waals surface area (Å²) in [5, 5.41) is -0.173. The molecule has 0 aromatic heterocycles. The Hall–Kier alpha value is -0.890. The molecule has 5 nitrogen and oxygen atoms in total. The minimum atomic E-state index is -3.81. The van der Waals surface area contributed by atoms with Crippen molar-refractivity contribution in [2.24, 2.45) is 0 Å². The van der Waals surface area contributed by atoms with Gasteiger partial charge in [0.2, 0.25) is 10.0 Å². The van der Waals surface area contributed by atoms with E-state index in [1.807, 2.05) is 7.05 Å². The van der Waals surface area contributed by atoms with E-state index in [0.717, 1.165) is 31.5 Å². The maximum absolute atomic E-state index is 13.2. The Balaban J connectivity index is 2.24. The lowest BCUT2D eigenvalue weighted by molar-refractivity contribution is 0.242. The Bertz CT molecular complexity index is 609. The summed E-state index contributed by atoms with van der Waals surface area (Å²) in [6.45, 7) is 1.58. The zero-order chi connectivity index (χ0) is 14.9. The van der Waals surface area contributed by atoms with Crippen LogP contribution in [0, 0.1) is 5.82 Å². The Morgan fingerprint density at radius 1 is 1.50 bits per heavy atom. The summed E-state index contributed by atoms with van der Waals surface area (Å²) in [6.07, 6.45) is 1.68. The lowest BCUT2D eigenvalue weighted by atomic mass is 10.1. The third-order valence-corrected chi connectivity index (χ3v) is 5.27. The minimum Gasteiger partial charge on any atom is -0.396 e. The van der Waals surface area contributed by atoms with E-state index in [9.17, 15) is 12.8 Å². The van der Waals surface area contributed by atoms with Crippen LogP contribution in [0.15, 0.2) is 17.0 Å². The number of likely N-dealkylation sites (N-methyl/N-ethyl adjacent to an activating group) is 1. The summed E-state index contributed by atoms with van der Waals surface area (Å²) < 4.78 is 40.4. The predicted molar refractivity (Wildman–Crippen MR) is 76.7 cm³/mol. The predicted octanol–water partition coefficient (Wildman–Crippen LogP) is 1.43. The van der Waals surface area contributed by atoms with Crippen LogP contribution in [0.3, 0.4) is 0 Å². The zero-order valence-electron chi connectivity index (χ0n) is 11.1. The fourth-order valence-electron chi connectivity index (χ4n) is 2.30. The second kappa shape index (κ2) is 5.85. The quantitative estimate of drug-likeness (QED) is 0.826. The third-order valence-electron chi connectivity index (χ3n) is 3.29. The lowest BCUT2D eigenvalue weighted by Crippen LogP contribution is -2.46. The first-order chi connectivity index (χ1) is 9.29. The van der Waals surface area contributed by atoms with Gasteiger partial charge in [0.1, 0.15) is 10.7 Å². The van der Waals surface area contributed by atoms with E-state index in [-0.39, 0.29) is 21.6 Å². The van der Waals surface area contributed by atoms with Gasteiger partial charge in [-0.3, -0.25) is 0 Å². The molecule has 1 unspecified atom stereocenters. The number of halogens is 2. The molecule has 20 heavy (non-hydrogen) atoms. The second-order valence-corrected chi connectivity index (χ2v) is 7.12. The second-order valence-electron chi connectivity index (χ2n) is 5.03. The van der Waals surface area contributed by atoms with Crippen molar-refractivity contribution in [3.05, 3.63) is 23.0 Å². The van der Waals surface area contributed by atoms with Crippen LogP contribution in [-0.2, 0) is 10.0 Å². The number of nitrogen functional groups attached to an aromatic ring is 1. The molecule has 1 aliphatic rings. The summed E-state index contributed by atoms with van der Waals surface area (Å²) in [4.78, 5) is 1.86. The van der Waals surface area contributed by atoms with Gasteiger partial charge in [-0.2, -0.15) is 0 Å². The van der Waals surface area contributed by atoms with Gasteiger partial charge in [0, 0.05) is 12.6 Å². The standard InChI is InChI=1S/C12H17ClFN3O2S/c1-17-4-2-3-8(7-17)16-20(18,19)12-6-11(15)10(14)5-9(12)13/h5-6,8,16H,2-4,7,15H2,1H3. The summed E-state index contributed by atoms with van der Waals surface area (Å²) in [6, 6.07) is 1.78. The first-order valence-corrected chi connectivity index (χ1v) is 8.11. The molecule has 0 radical (unpaired) electrons. The zero-order valence-corrected chi connectivity index (χ0v) is 12.6. The Kier molecular flexibility index (Phi) is 4.53. The fraction of sp³-hybridized carbons (Fsp3) is 0.500. The highest BCUT2D eigenvalue weighted by Gasteiger charge is 2.26. The van der Waals surface area contributed by atoms with Crippen LogP contribution in [0.2, 0.25) is 5.02 Å². The smallest absolute Gasteiger partial charge is 0.242 e. The average Bonchev–Trinajstić information content (AvgIpc) is 2.33. The van der Waals surface area contributed by atoms with Crippen molar-refractivity contribution in [2.45, 2.75) is 23.8 Å². The molecule has 1 aliphatic heterocycles. The van der Waals surface area contributed by atoms with Gasteiger partial charge in [-0.15, -0.1) is 0 Å². The first kappa shape index (κ1) is 15.5. The number of sulfonamides is 1. The van der Waals surface area contributed by atoms with Crippen molar-refractivity contribution >= 4 is 27.3 Å². The van der Waals surface area contributed by atoms with E-state index >= 15 is 0 Å². The number of nitrogens with one attached hydrogen (secondary N) is 1. The molecule has 1 atom stereocenters. The van der Waals surface area contributed by atoms with E-state index in [2.05, 4.69) is 9.62 Å². The van der Waals surface area contributed by atoms with Crippen LogP contribution >= 0.6 is 11.6 Å². The van der Waals surface area contributed by atoms with Gasteiger partial charge in [0.05, 0.1) is 10.7 Å². The molecule has 1 aromatic carbocycles.